The van der Waals surface area contributed by atoms with Crippen molar-refractivity contribution in [2.75, 3.05) is 19.8 Å². The summed E-state index contributed by atoms with van der Waals surface area (Å²) >= 11 is 6.43. The van der Waals surface area contributed by atoms with Crippen LogP contribution in [0.25, 0.3) is 0 Å². The van der Waals surface area contributed by atoms with Gasteiger partial charge in [0.25, 0.3) is 0 Å². The average Bonchev–Trinajstić information content (AvgIpc) is 2.70. The van der Waals surface area contributed by atoms with E-state index in [0.29, 0.717) is 19.3 Å². The number of para-hydroxylation sites is 2. The molecule has 21 heavy (non-hydrogen) atoms. The molecule has 3 nitrogen and oxygen atoms in total. The molecule has 1 aliphatic rings. The van der Waals surface area contributed by atoms with Crippen LogP contribution in [0, 0.1) is 0 Å². The Hall–Kier alpha value is -0.930. The summed E-state index contributed by atoms with van der Waals surface area (Å²) in [6.45, 7) is 4.07. The van der Waals surface area contributed by atoms with Crippen molar-refractivity contribution >= 4 is 11.6 Å². The van der Waals surface area contributed by atoms with E-state index in [0.717, 1.165) is 24.5 Å². The van der Waals surface area contributed by atoms with Crippen LogP contribution in [0.4, 0.5) is 0 Å². The molecule has 2 atom stereocenters. The van der Waals surface area contributed by atoms with Crippen molar-refractivity contribution in [3.05, 3.63) is 24.3 Å². The Morgan fingerprint density at radius 2 is 1.81 bits per heavy atom. The summed E-state index contributed by atoms with van der Waals surface area (Å²) in [6, 6.07) is 8.22. The molecule has 1 aliphatic carbocycles. The van der Waals surface area contributed by atoms with E-state index in [2.05, 4.69) is 5.32 Å². The predicted octanol–water partition coefficient (Wildman–Crippen LogP) is 3.99. The standard InChI is InChI=1S/C17H26ClNO2/c1-2-20-16-10-6-7-11-17(16)21-13-12-19-15-9-5-3-4-8-14(15)18/h6-7,10-11,14-15,19H,2-5,8-9,12-13H2,1H3. The second-order valence-electron chi connectivity index (χ2n) is 5.44. The van der Waals surface area contributed by atoms with Gasteiger partial charge in [-0.25, -0.2) is 0 Å². The lowest BCUT2D eigenvalue weighted by molar-refractivity contribution is 0.270. The van der Waals surface area contributed by atoms with Crippen molar-refractivity contribution in [3.63, 3.8) is 0 Å². The van der Waals surface area contributed by atoms with Gasteiger partial charge in [0, 0.05) is 18.0 Å². The summed E-state index contributed by atoms with van der Waals surface area (Å²) in [4.78, 5) is 0. The lowest BCUT2D eigenvalue weighted by atomic mass is 10.1. The van der Waals surface area contributed by atoms with Gasteiger partial charge in [-0.2, -0.15) is 0 Å². The van der Waals surface area contributed by atoms with E-state index in [1.165, 1.54) is 25.7 Å². The Kier molecular flexibility index (Phi) is 7.17. The molecule has 0 radical (unpaired) electrons. The highest BCUT2D eigenvalue weighted by Gasteiger charge is 2.20. The van der Waals surface area contributed by atoms with Gasteiger partial charge in [0.05, 0.1) is 6.61 Å². The van der Waals surface area contributed by atoms with E-state index < -0.39 is 0 Å². The first-order chi connectivity index (χ1) is 10.3. The van der Waals surface area contributed by atoms with Crippen molar-refractivity contribution in [1.82, 2.24) is 5.32 Å². The summed E-state index contributed by atoms with van der Waals surface area (Å²) in [5.41, 5.74) is 0. The maximum atomic E-state index is 6.43. The van der Waals surface area contributed by atoms with Crippen LogP contribution in [0.15, 0.2) is 24.3 Å². The van der Waals surface area contributed by atoms with Gasteiger partial charge in [-0.3, -0.25) is 0 Å². The van der Waals surface area contributed by atoms with Crippen LogP contribution in [-0.2, 0) is 0 Å². The SMILES string of the molecule is CCOc1ccccc1OCCNC1CCCCCC1Cl. The molecule has 0 heterocycles. The second kappa shape index (κ2) is 9.16. The van der Waals surface area contributed by atoms with E-state index in [4.69, 9.17) is 21.1 Å². The number of nitrogens with one attached hydrogen (secondary N) is 1. The molecule has 0 spiro atoms. The molecule has 0 saturated heterocycles. The monoisotopic (exact) mass is 311 g/mol. The fourth-order valence-corrected chi connectivity index (χ4v) is 3.11. The molecule has 0 aromatic heterocycles. The smallest absolute Gasteiger partial charge is 0.161 e. The summed E-state index contributed by atoms with van der Waals surface area (Å²) < 4.78 is 11.4. The van der Waals surface area contributed by atoms with Gasteiger partial charge in [-0.1, -0.05) is 31.4 Å². The molecule has 1 aromatic carbocycles. The Morgan fingerprint density at radius 1 is 1.10 bits per heavy atom. The minimum atomic E-state index is 0.253. The first kappa shape index (κ1) is 16.4. The molecule has 2 rings (SSSR count). The third-order valence-corrected chi connectivity index (χ3v) is 4.37. The number of hydrogen-bond acceptors (Lipinski definition) is 3. The molecule has 0 amide bonds. The van der Waals surface area contributed by atoms with E-state index in [1.54, 1.807) is 0 Å². The molecule has 0 aliphatic heterocycles. The highest BCUT2D eigenvalue weighted by atomic mass is 35.5. The molecule has 1 fully saturated rings. The number of rotatable bonds is 7. The molecule has 1 saturated carbocycles. The predicted molar refractivity (Wildman–Crippen MR) is 87.6 cm³/mol. The maximum absolute atomic E-state index is 6.43. The van der Waals surface area contributed by atoms with Gasteiger partial charge in [-0.05, 0) is 31.9 Å². The fraction of sp³-hybridized carbons (Fsp3) is 0.647. The molecule has 2 unspecified atom stereocenters. The summed E-state index contributed by atoms with van der Waals surface area (Å²) in [5, 5.41) is 3.79. The van der Waals surface area contributed by atoms with E-state index in [-0.39, 0.29) is 5.38 Å². The zero-order valence-corrected chi connectivity index (χ0v) is 13.6. The van der Waals surface area contributed by atoms with Crippen molar-refractivity contribution < 1.29 is 9.47 Å². The Balaban J connectivity index is 1.74. The molecule has 1 aromatic rings. The quantitative estimate of drug-likeness (QED) is 0.469. The summed E-state index contributed by atoms with van der Waals surface area (Å²) in [6.07, 6.45) is 6.12. The van der Waals surface area contributed by atoms with Crippen LogP contribution in [0.3, 0.4) is 0 Å². The Labute approximate surface area is 133 Å². The third-order valence-electron chi connectivity index (χ3n) is 3.85. The highest BCUT2D eigenvalue weighted by Crippen LogP contribution is 2.26. The van der Waals surface area contributed by atoms with Crippen molar-refractivity contribution in [2.45, 2.75) is 50.4 Å². The second-order valence-corrected chi connectivity index (χ2v) is 6.00. The topological polar surface area (TPSA) is 30.5 Å². The summed E-state index contributed by atoms with van der Waals surface area (Å²) in [5.74, 6) is 1.62. The number of halogens is 1. The molecule has 0 bridgehead atoms. The Bertz CT molecular complexity index is 414. The zero-order chi connectivity index (χ0) is 14.9. The van der Waals surface area contributed by atoms with Crippen LogP contribution >= 0.6 is 11.6 Å². The maximum Gasteiger partial charge on any atom is 0.161 e. The first-order valence-electron chi connectivity index (χ1n) is 8.03. The van der Waals surface area contributed by atoms with Gasteiger partial charge in [0.15, 0.2) is 11.5 Å². The average molecular weight is 312 g/mol. The molecule has 4 heteroatoms. The van der Waals surface area contributed by atoms with Gasteiger partial charge in [0.2, 0.25) is 0 Å². The van der Waals surface area contributed by atoms with E-state index in [9.17, 15) is 0 Å². The lowest BCUT2D eigenvalue weighted by Crippen LogP contribution is -2.38. The normalized spacial score (nSPS) is 22.6. The molecule has 118 valence electrons. The van der Waals surface area contributed by atoms with E-state index in [1.807, 2.05) is 31.2 Å². The largest absolute Gasteiger partial charge is 0.490 e. The Morgan fingerprint density at radius 3 is 2.57 bits per heavy atom. The van der Waals surface area contributed by atoms with Gasteiger partial charge in [-0.15, -0.1) is 11.6 Å². The van der Waals surface area contributed by atoms with Crippen molar-refractivity contribution in [1.29, 1.82) is 0 Å². The highest BCUT2D eigenvalue weighted by molar-refractivity contribution is 6.21. The van der Waals surface area contributed by atoms with Crippen molar-refractivity contribution in [2.24, 2.45) is 0 Å². The zero-order valence-electron chi connectivity index (χ0n) is 12.8. The van der Waals surface area contributed by atoms with Crippen LogP contribution in [0.1, 0.15) is 39.0 Å². The molecular formula is C17H26ClNO2. The number of benzene rings is 1. The number of ether oxygens (including phenoxy) is 2. The van der Waals surface area contributed by atoms with Gasteiger partial charge in [0.1, 0.15) is 6.61 Å². The number of hydrogen-bond donors (Lipinski definition) is 1. The minimum Gasteiger partial charge on any atom is -0.490 e. The number of alkyl halides is 1. The molecular weight excluding hydrogens is 286 g/mol. The lowest BCUT2D eigenvalue weighted by Gasteiger charge is -2.21. The van der Waals surface area contributed by atoms with Gasteiger partial charge < -0.3 is 14.8 Å². The van der Waals surface area contributed by atoms with E-state index >= 15 is 0 Å². The fourth-order valence-electron chi connectivity index (χ4n) is 2.74. The van der Waals surface area contributed by atoms with Crippen LogP contribution in [0.2, 0.25) is 0 Å². The first-order valence-corrected chi connectivity index (χ1v) is 8.47. The molecule has 1 N–H and O–H groups in total. The minimum absolute atomic E-state index is 0.253. The van der Waals surface area contributed by atoms with Crippen molar-refractivity contribution in [3.8, 4) is 11.5 Å². The van der Waals surface area contributed by atoms with Crippen LogP contribution in [-0.4, -0.2) is 31.2 Å². The van der Waals surface area contributed by atoms with Gasteiger partial charge >= 0.3 is 0 Å². The van der Waals surface area contributed by atoms with Crippen LogP contribution in [0.5, 0.6) is 11.5 Å². The third kappa shape index (κ3) is 5.40. The van der Waals surface area contributed by atoms with Crippen LogP contribution < -0.4 is 14.8 Å². The summed E-state index contributed by atoms with van der Waals surface area (Å²) in [7, 11) is 0.